The van der Waals surface area contributed by atoms with Gasteiger partial charge in [-0.25, -0.2) is 0 Å². The van der Waals surface area contributed by atoms with Gasteiger partial charge in [0.25, 0.3) is 0 Å². The lowest BCUT2D eigenvalue weighted by Gasteiger charge is -2.00. The van der Waals surface area contributed by atoms with Gasteiger partial charge in [0.15, 0.2) is 0 Å². The van der Waals surface area contributed by atoms with E-state index in [9.17, 15) is 0 Å². The summed E-state index contributed by atoms with van der Waals surface area (Å²) in [6, 6.07) is 4.66. The molecule has 3 N–H and O–H groups in total. The largest absolute Gasteiger partial charge is 0.463 e. The minimum Gasteiger partial charge on any atom is -0.463 e. The molecule has 1 aromatic heterocycles. The van der Waals surface area contributed by atoms with Gasteiger partial charge in [-0.1, -0.05) is 13.3 Å². The Hall–Kier alpha value is -0.800. The van der Waals surface area contributed by atoms with E-state index in [1.165, 1.54) is 12.8 Å². The molecular weight excluding hydrogens is 176 g/mol. The van der Waals surface area contributed by atoms with Crippen molar-refractivity contribution in [2.75, 3.05) is 0 Å². The highest BCUT2D eigenvalue weighted by molar-refractivity contribution is 5.07. The Morgan fingerprint density at radius 1 is 1.50 bits per heavy atom. The predicted octanol–water partition coefficient (Wildman–Crippen LogP) is 1.63. The fourth-order valence-electron chi connectivity index (χ4n) is 1.81. The zero-order chi connectivity index (χ0) is 9.97. The first kappa shape index (κ1) is 9.74. The van der Waals surface area contributed by atoms with Crippen molar-refractivity contribution in [2.24, 2.45) is 11.7 Å². The van der Waals surface area contributed by atoms with E-state index >= 15 is 0 Å². The fourth-order valence-corrected chi connectivity index (χ4v) is 1.81. The summed E-state index contributed by atoms with van der Waals surface area (Å²) in [5.41, 5.74) is 5.46. The Morgan fingerprint density at radius 2 is 2.29 bits per heavy atom. The first-order valence-corrected chi connectivity index (χ1v) is 5.34. The molecule has 0 radical (unpaired) electrons. The molecule has 0 aliphatic heterocycles. The van der Waals surface area contributed by atoms with Gasteiger partial charge in [-0.15, -0.1) is 0 Å². The summed E-state index contributed by atoms with van der Waals surface area (Å²) < 4.78 is 5.49. The van der Waals surface area contributed by atoms with Gasteiger partial charge in [-0.2, -0.15) is 0 Å². The van der Waals surface area contributed by atoms with Crippen molar-refractivity contribution in [3.8, 4) is 0 Å². The van der Waals surface area contributed by atoms with Crippen LogP contribution in [0.3, 0.4) is 0 Å². The molecule has 1 fully saturated rings. The van der Waals surface area contributed by atoms with Crippen molar-refractivity contribution in [3.63, 3.8) is 0 Å². The van der Waals surface area contributed by atoms with Crippen molar-refractivity contribution in [1.29, 1.82) is 0 Å². The summed E-state index contributed by atoms with van der Waals surface area (Å²) in [4.78, 5) is 0. The highest BCUT2D eigenvalue weighted by Crippen LogP contribution is 2.33. The summed E-state index contributed by atoms with van der Waals surface area (Å²) in [6.07, 6.45) is 2.60. The van der Waals surface area contributed by atoms with Crippen LogP contribution in [0.5, 0.6) is 0 Å². The maximum Gasteiger partial charge on any atom is 0.118 e. The Balaban J connectivity index is 1.75. The number of nitrogens with one attached hydrogen (secondary N) is 1. The van der Waals surface area contributed by atoms with Crippen LogP contribution < -0.4 is 11.1 Å². The number of nitrogens with two attached hydrogens (primary N) is 1. The Bertz CT molecular complexity index is 295. The van der Waals surface area contributed by atoms with Gasteiger partial charge in [0.05, 0.1) is 13.1 Å². The lowest BCUT2D eigenvalue weighted by molar-refractivity contribution is 0.444. The molecule has 2 unspecified atom stereocenters. The van der Waals surface area contributed by atoms with Crippen molar-refractivity contribution in [1.82, 2.24) is 5.32 Å². The van der Waals surface area contributed by atoms with Crippen LogP contribution in [-0.2, 0) is 13.1 Å². The topological polar surface area (TPSA) is 51.2 Å². The van der Waals surface area contributed by atoms with Gasteiger partial charge in [-0.3, -0.25) is 0 Å². The Morgan fingerprint density at radius 3 is 2.86 bits per heavy atom. The SMILES string of the molecule is CCC1CC1NCc1ccc(CN)o1. The molecule has 78 valence electrons. The molecule has 1 saturated carbocycles. The van der Waals surface area contributed by atoms with Crippen LogP contribution in [-0.4, -0.2) is 6.04 Å². The van der Waals surface area contributed by atoms with Gasteiger partial charge in [0.2, 0.25) is 0 Å². The maximum absolute atomic E-state index is 5.49. The highest BCUT2D eigenvalue weighted by Gasteiger charge is 2.34. The first-order valence-electron chi connectivity index (χ1n) is 5.34. The van der Waals surface area contributed by atoms with Crippen LogP contribution in [0.4, 0.5) is 0 Å². The molecule has 3 nitrogen and oxygen atoms in total. The van der Waals surface area contributed by atoms with Crippen LogP contribution in [0.2, 0.25) is 0 Å². The van der Waals surface area contributed by atoms with Crippen molar-refractivity contribution in [3.05, 3.63) is 23.7 Å². The summed E-state index contributed by atoms with van der Waals surface area (Å²) in [7, 11) is 0. The van der Waals surface area contributed by atoms with Crippen LogP contribution in [0, 0.1) is 5.92 Å². The van der Waals surface area contributed by atoms with Crippen molar-refractivity contribution >= 4 is 0 Å². The average molecular weight is 194 g/mol. The molecule has 0 aromatic carbocycles. The van der Waals surface area contributed by atoms with E-state index in [0.29, 0.717) is 12.6 Å². The lowest BCUT2D eigenvalue weighted by atomic mass is 10.3. The quantitative estimate of drug-likeness (QED) is 0.749. The minimum atomic E-state index is 0.487. The van der Waals surface area contributed by atoms with Crippen LogP contribution >= 0.6 is 0 Å². The summed E-state index contributed by atoms with van der Waals surface area (Å²) in [5, 5.41) is 3.48. The molecule has 3 heteroatoms. The van der Waals surface area contributed by atoms with Gasteiger partial charge >= 0.3 is 0 Å². The number of furan rings is 1. The van der Waals surface area contributed by atoms with E-state index in [1.807, 2.05) is 12.1 Å². The summed E-state index contributed by atoms with van der Waals surface area (Å²) >= 11 is 0. The number of hydrogen-bond acceptors (Lipinski definition) is 3. The lowest BCUT2D eigenvalue weighted by Crippen LogP contribution is -2.16. The van der Waals surface area contributed by atoms with Gasteiger partial charge in [0, 0.05) is 6.04 Å². The Kier molecular flexibility index (Phi) is 2.89. The fraction of sp³-hybridized carbons (Fsp3) is 0.636. The van der Waals surface area contributed by atoms with E-state index in [4.69, 9.17) is 10.2 Å². The molecule has 14 heavy (non-hydrogen) atoms. The normalized spacial score (nSPS) is 25.3. The Labute approximate surface area is 84.7 Å². The van der Waals surface area contributed by atoms with Crippen molar-refractivity contribution < 1.29 is 4.42 Å². The summed E-state index contributed by atoms with van der Waals surface area (Å²) in [6.45, 7) is 3.56. The molecule has 1 aliphatic carbocycles. The molecule has 0 bridgehead atoms. The average Bonchev–Trinajstić information content (AvgIpc) is 2.83. The van der Waals surface area contributed by atoms with Crippen LogP contribution in [0.25, 0.3) is 0 Å². The molecule has 1 heterocycles. The van der Waals surface area contributed by atoms with Crippen molar-refractivity contribution in [2.45, 2.75) is 38.9 Å². The molecule has 0 saturated heterocycles. The molecule has 0 spiro atoms. The van der Waals surface area contributed by atoms with Gasteiger partial charge in [-0.05, 0) is 24.5 Å². The second kappa shape index (κ2) is 4.15. The van der Waals surface area contributed by atoms with Crippen LogP contribution in [0.15, 0.2) is 16.5 Å². The van der Waals surface area contributed by atoms with E-state index in [0.717, 1.165) is 24.0 Å². The zero-order valence-electron chi connectivity index (χ0n) is 8.62. The maximum atomic E-state index is 5.49. The second-order valence-electron chi connectivity index (χ2n) is 3.96. The van der Waals surface area contributed by atoms with Crippen LogP contribution in [0.1, 0.15) is 31.3 Å². The predicted molar refractivity (Wildman–Crippen MR) is 55.6 cm³/mol. The third-order valence-corrected chi connectivity index (χ3v) is 2.90. The van der Waals surface area contributed by atoms with E-state index < -0.39 is 0 Å². The second-order valence-corrected chi connectivity index (χ2v) is 3.96. The molecule has 1 aliphatic rings. The van der Waals surface area contributed by atoms with E-state index in [1.54, 1.807) is 0 Å². The van der Waals surface area contributed by atoms with Gasteiger partial charge in [0.1, 0.15) is 11.5 Å². The number of rotatable bonds is 5. The van der Waals surface area contributed by atoms with Gasteiger partial charge < -0.3 is 15.5 Å². The number of hydrogen-bond donors (Lipinski definition) is 2. The molecule has 1 aromatic rings. The molecule has 2 atom stereocenters. The standard InChI is InChI=1S/C11H18N2O/c1-2-8-5-11(8)13-7-10-4-3-9(6-12)14-10/h3-4,8,11,13H,2,5-7,12H2,1H3. The smallest absolute Gasteiger partial charge is 0.118 e. The molecule has 2 rings (SSSR count). The third-order valence-electron chi connectivity index (χ3n) is 2.90. The van der Waals surface area contributed by atoms with E-state index in [-0.39, 0.29) is 0 Å². The van der Waals surface area contributed by atoms with E-state index in [2.05, 4.69) is 12.2 Å². The molecule has 0 amide bonds. The zero-order valence-corrected chi connectivity index (χ0v) is 8.62. The highest BCUT2D eigenvalue weighted by atomic mass is 16.3. The monoisotopic (exact) mass is 194 g/mol. The first-order chi connectivity index (χ1) is 6.83. The summed E-state index contributed by atoms with van der Waals surface area (Å²) in [5.74, 6) is 2.75. The molecular formula is C11H18N2O. The minimum absolute atomic E-state index is 0.487. The third kappa shape index (κ3) is 2.16.